The maximum absolute atomic E-state index is 11.5. The summed E-state index contributed by atoms with van der Waals surface area (Å²) in [4.78, 5) is 11.5. The van der Waals surface area contributed by atoms with Gasteiger partial charge in [-0.3, -0.25) is 4.79 Å². The molecule has 124 valence electrons. The second-order valence-corrected chi connectivity index (χ2v) is 9.42. The van der Waals surface area contributed by atoms with Crippen LogP contribution in [0.5, 0.6) is 0 Å². The van der Waals surface area contributed by atoms with Crippen molar-refractivity contribution in [3.8, 4) is 0 Å². The number of thiol groups is 2. The molecular formula is C13H30OS6. The highest BCUT2D eigenvalue weighted by Crippen LogP contribution is 2.26. The Hall–Kier alpha value is 1.77. The first-order chi connectivity index (χ1) is 8.72. The van der Waals surface area contributed by atoms with Crippen LogP contribution in [0.1, 0.15) is 21.8 Å². The van der Waals surface area contributed by atoms with Crippen LogP contribution in [0.15, 0.2) is 0 Å². The maximum atomic E-state index is 11.5. The standard InChI is InChI=1S/C11H22OS6.2CH4/c1-10(12)11(17-8-6-15-4-2-13)18-9-7-16-5-3-14;;/h11,13-14H,2-9H2,1H3;2*1H4. The molecule has 7 heteroatoms. The van der Waals surface area contributed by atoms with Gasteiger partial charge in [-0.1, -0.05) is 14.9 Å². The van der Waals surface area contributed by atoms with E-state index in [4.69, 9.17) is 0 Å². The van der Waals surface area contributed by atoms with Crippen LogP contribution in [-0.4, -0.2) is 56.4 Å². The molecule has 0 saturated carbocycles. The van der Waals surface area contributed by atoms with Gasteiger partial charge in [0.2, 0.25) is 0 Å². The van der Waals surface area contributed by atoms with Crippen molar-refractivity contribution < 1.29 is 4.79 Å². The summed E-state index contributed by atoms with van der Waals surface area (Å²) in [6, 6.07) is 0. The molecule has 0 aromatic rings. The molecule has 0 aromatic heterocycles. The van der Waals surface area contributed by atoms with Gasteiger partial charge in [0.15, 0.2) is 5.78 Å². The van der Waals surface area contributed by atoms with Crippen molar-refractivity contribution >= 4 is 78.1 Å². The van der Waals surface area contributed by atoms with Crippen LogP contribution in [0.4, 0.5) is 0 Å². The third-order valence-corrected chi connectivity index (χ3v) is 8.30. The quantitative estimate of drug-likeness (QED) is 0.260. The normalized spacial score (nSPS) is 10.0. The van der Waals surface area contributed by atoms with E-state index < -0.39 is 0 Å². The molecule has 0 N–H and O–H groups in total. The van der Waals surface area contributed by atoms with Gasteiger partial charge < -0.3 is 0 Å². The first kappa shape index (κ1) is 26.7. The highest BCUT2D eigenvalue weighted by Gasteiger charge is 2.14. The molecule has 0 fully saturated rings. The molecule has 1 nitrogen and oxygen atoms in total. The smallest absolute Gasteiger partial charge is 0.152 e. The van der Waals surface area contributed by atoms with Crippen LogP contribution in [0.25, 0.3) is 0 Å². The van der Waals surface area contributed by atoms with Gasteiger partial charge in [0, 0.05) is 34.5 Å². The van der Waals surface area contributed by atoms with E-state index in [0.717, 1.165) is 46.0 Å². The van der Waals surface area contributed by atoms with E-state index in [9.17, 15) is 4.79 Å². The predicted molar refractivity (Wildman–Crippen MR) is 115 cm³/mol. The molecule has 0 bridgehead atoms. The SMILES string of the molecule is C.C.CC(=O)C(SCCSCCS)SCCSCCS. The first-order valence-electron chi connectivity index (χ1n) is 5.83. The average molecular weight is 395 g/mol. The van der Waals surface area contributed by atoms with Crippen molar-refractivity contribution in [3.05, 3.63) is 0 Å². The third-order valence-electron chi connectivity index (χ3n) is 1.80. The Kier molecular flexibility index (Phi) is 27.7. The Balaban J connectivity index is -0.00000144. The molecule has 0 aromatic carbocycles. The largest absolute Gasteiger partial charge is 0.298 e. The van der Waals surface area contributed by atoms with Gasteiger partial charge in [0.05, 0.1) is 0 Å². The van der Waals surface area contributed by atoms with E-state index in [1.807, 2.05) is 23.5 Å². The molecule has 0 radical (unpaired) electrons. The zero-order valence-corrected chi connectivity index (χ0v) is 15.7. The van der Waals surface area contributed by atoms with E-state index >= 15 is 0 Å². The second-order valence-electron chi connectivity index (χ2n) is 3.36. The summed E-state index contributed by atoms with van der Waals surface area (Å²) in [6.07, 6.45) is 0. The molecule has 0 aliphatic carbocycles. The monoisotopic (exact) mass is 394 g/mol. The zero-order chi connectivity index (χ0) is 13.6. The van der Waals surface area contributed by atoms with Crippen molar-refractivity contribution in [3.63, 3.8) is 0 Å². The summed E-state index contributed by atoms with van der Waals surface area (Å²) in [5, 5.41) is 0. The molecule has 0 rings (SSSR count). The Morgan fingerprint density at radius 2 is 1.25 bits per heavy atom. The number of hydrogen-bond acceptors (Lipinski definition) is 7. The summed E-state index contributed by atoms with van der Waals surface area (Å²) in [7, 11) is 0. The van der Waals surface area contributed by atoms with Gasteiger partial charge in [-0.25, -0.2) is 0 Å². The number of carbonyl (C=O) groups is 1. The number of hydrogen-bond donors (Lipinski definition) is 2. The minimum atomic E-state index is 0. The highest BCUT2D eigenvalue weighted by atomic mass is 32.2. The lowest BCUT2D eigenvalue weighted by atomic mass is 10.5. The number of ketones is 1. The fourth-order valence-corrected chi connectivity index (χ4v) is 6.06. The molecule has 0 atom stereocenters. The molecule has 0 saturated heterocycles. The fraction of sp³-hybridized carbons (Fsp3) is 0.923. The van der Waals surface area contributed by atoms with Crippen molar-refractivity contribution in [1.82, 2.24) is 0 Å². The van der Waals surface area contributed by atoms with Crippen LogP contribution in [0.2, 0.25) is 0 Å². The van der Waals surface area contributed by atoms with Gasteiger partial charge in [0.25, 0.3) is 0 Å². The zero-order valence-electron chi connectivity index (χ0n) is 10.7. The number of thioether (sulfide) groups is 4. The number of Topliss-reactive ketones (excluding diaryl/α,β-unsaturated/α-hetero) is 1. The maximum Gasteiger partial charge on any atom is 0.152 e. The summed E-state index contributed by atoms with van der Waals surface area (Å²) in [5.41, 5.74) is 0. The molecule has 0 amide bonds. The van der Waals surface area contributed by atoms with Gasteiger partial charge >= 0.3 is 0 Å². The lowest BCUT2D eigenvalue weighted by Crippen LogP contribution is -2.12. The first-order valence-corrected chi connectivity index (χ1v) is 11.5. The van der Waals surface area contributed by atoms with Crippen LogP contribution >= 0.6 is 72.3 Å². The molecule has 0 heterocycles. The van der Waals surface area contributed by atoms with Gasteiger partial charge in [0.1, 0.15) is 4.58 Å². The Bertz CT molecular complexity index is 189. The summed E-state index contributed by atoms with van der Waals surface area (Å²) in [6.45, 7) is 1.70. The summed E-state index contributed by atoms with van der Waals surface area (Å²) in [5.74, 6) is 8.70. The van der Waals surface area contributed by atoms with Crippen LogP contribution in [0.3, 0.4) is 0 Å². The van der Waals surface area contributed by atoms with Crippen LogP contribution < -0.4 is 0 Å². The molecule has 0 unspecified atom stereocenters. The summed E-state index contributed by atoms with van der Waals surface area (Å²) >= 11 is 15.8. The highest BCUT2D eigenvalue weighted by molar-refractivity contribution is 8.18. The molecule has 20 heavy (non-hydrogen) atoms. The second kappa shape index (κ2) is 20.8. The molecule has 0 aliphatic heterocycles. The molecule has 0 spiro atoms. The van der Waals surface area contributed by atoms with E-state index in [-0.39, 0.29) is 19.4 Å². The van der Waals surface area contributed by atoms with Crippen molar-refractivity contribution in [1.29, 1.82) is 0 Å². The Labute approximate surface area is 154 Å². The Morgan fingerprint density at radius 1 is 0.850 bits per heavy atom. The van der Waals surface area contributed by atoms with Crippen LogP contribution in [0, 0.1) is 0 Å². The van der Waals surface area contributed by atoms with E-state index in [1.165, 1.54) is 0 Å². The Morgan fingerprint density at radius 3 is 1.55 bits per heavy atom. The molecular weight excluding hydrogens is 365 g/mol. The molecule has 0 aliphatic rings. The van der Waals surface area contributed by atoms with Crippen molar-refractivity contribution in [2.24, 2.45) is 0 Å². The van der Waals surface area contributed by atoms with Crippen molar-refractivity contribution in [2.75, 3.05) is 46.0 Å². The fourth-order valence-electron chi connectivity index (χ4n) is 1.04. The van der Waals surface area contributed by atoms with Crippen molar-refractivity contribution in [2.45, 2.75) is 26.4 Å². The average Bonchev–Trinajstić information content (AvgIpc) is 2.35. The topological polar surface area (TPSA) is 17.1 Å². The minimum Gasteiger partial charge on any atom is -0.298 e. The number of carbonyl (C=O) groups excluding carboxylic acids is 1. The third kappa shape index (κ3) is 17.8. The lowest BCUT2D eigenvalue weighted by Gasteiger charge is -2.12. The van der Waals surface area contributed by atoms with Gasteiger partial charge in [-0.05, 0) is 18.4 Å². The predicted octanol–water partition coefficient (Wildman–Crippen LogP) is 4.97. The lowest BCUT2D eigenvalue weighted by molar-refractivity contribution is -0.115. The van der Waals surface area contributed by atoms with Gasteiger partial charge in [-0.2, -0.15) is 48.8 Å². The van der Waals surface area contributed by atoms with E-state index in [2.05, 4.69) is 25.3 Å². The van der Waals surface area contributed by atoms with Crippen LogP contribution in [-0.2, 0) is 4.79 Å². The van der Waals surface area contributed by atoms with E-state index in [0.29, 0.717) is 5.78 Å². The van der Waals surface area contributed by atoms with E-state index in [1.54, 1.807) is 30.4 Å². The van der Waals surface area contributed by atoms with Gasteiger partial charge in [-0.15, -0.1) is 23.5 Å². The number of rotatable bonds is 13. The minimum absolute atomic E-state index is 0. The summed E-state index contributed by atoms with van der Waals surface area (Å²) < 4.78 is 0.123.